The highest BCUT2D eigenvalue weighted by Gasteiger charge is 2.29. The summed E-state index contributed by atoms with van der Waals surface area (Å²) >= 11 is 0. The molecule has 0 amide bonds. The van der Waals surface area contributed by atoms with Gasteiger partial charge in [0.15, 0.2) is 5.82 Å². The molecule has 100 valence electrons. The van der Waals surface area contributed by atoms with E-state index in [1.54, 1.807) is 6.07 Å². The van der Waals surface area contributed by atoms with Gasteiger partial charge < -0.3 is 9.84 Å². The maximum Gasteiger partial charge on any atom is 0.231 e. The predicted molar refractivity (Wildman–Crippen MR) is 68.3 cm³/mol. The highest BCUT2D eigenvalue weighted by molar-refractivity contribution is 5.20. The summed E-state index contributed by atoms with van der Waals surface area (Å²) in [4.78, 5) is 4.43. The van der Waals surface area contributed by atoms with E-state index in [0.717, 1.165) is 18.7 Å². The minimum Gasteiger partial charge on any atom is -0.339 e. The van der Waals surface area contributed by atoms with Crippen LogP contribution in [0.3, 0.4) is 0 Å². The summed E-state index contributed by atoms with van der Waals surface area (Å²) in [5, 5.41) is 7.29. The molecule has 1 aromatic heterocycles. The van der Waals surface area contributed by atoms with E-state index in [9.17, 15) is 4.39 Å². The van der Waals surface area contributed by atoms with Gasteiger partial charge in [0.25, 0.3) is 0 Å². The topological polar surface area (TPSA) is 51.0 Å². The molecule has 1 aromatic carbocycles. The molecule has 2 heterocycles. The number of nitrogens with zero attached hydrogens (tertiary/aromatic N) is 2. The molecule has 3 rings (SSSR count). The number of aromatic nitrogens is 2. The minimum atomic E-state index is -0.241. The van der Waals surface area contributed by atoms with Crippen LogP contribution in [0.2, 0.25) is 0 Å². The Morgan fingerprint density at radius 1 is 1.42 bits per heavy atom. The van der Waals surface area contributed by atoms with E-state index in [-0.39, 0.29) is 11.7 Å². The summed E-state index contributed by atoms with van der Waals surface area (Å²) in [6.07, 6.45) is 0.496. The van der Waals surface area contributed by atoms with Crippen LogP contribution in [-0.2, 0) is 6.42 Å². The number of nitrogens with one attached hydrogen (secondary N) is 1. The van der Waals surface area contributed by atoms with Gasteiger partial charge in [-0.15, -0.1) is 0 Å². The molecule has 2 unspecified atom stereocenters. The molecule has 0 bridgehead atoms. The first kappa shape index (κ1) is 12.3. The van der Waals surface area contributed by atoms with Crippen molar-refractivity contribution in [2.75, 3.05) is 13.1 Å². The molecule has 1 fully saturated rings. The van der Waals surface area contributed by atoms with E-state index in [0.29, 0.717) is 24.1 Å². The molecule has 19 heavy (non-hydrogen) atoms. The second kappa shape index (κ2) is 5.09. The Labute approximate surface area is 111 Å². The van der Waals surface area contributed by atoms with Crippen molar-refractivity contribution >= 4 is 0 Å². The van der Waals surface area contributed by atoms with E-state index in [4.69, 9.17) is 4.52 Å². The van der Waals surface area contributed by atoms with Crippen molar-refractivity contribution in [3.8, 4) is 0 Å². The van der Waals surface area contributed by atoms with E-state index in [1.165, 1.54) is 12.1 Å². The highest BCUT2D eigenvalue weighted by Crippen LogP contribution is 2.26. The molecule has 2 atom stereocenters. The lowest BCUT2D eigenvalue weighted by Gasteiger charge is -2.07. The minimum absolute atomic E-state index is 0.241. The summed E-state index contributed by atoms with van der Waals surface area (Å²) < 4.78 is 18.4. The molecule has 1 N–H and O–H groups in total. The molecular formula is C14H16FN3O. The van der Waals surface area contributed by atoms with Crippen molar-refractivity contribution in [3.05, 3.63) is 47.4 Å². The lowest BCUT2D eigenvalue weighted by molar-refractivity contribution is 0.337. The summed E-state index contributed by atoms with van der Waals surface area (Å²) in [5.74, 6) is 1.84. The lowest BCUT2D eigenvalue weighted by Crippen LogP contribution is -2.08. The third-order valence-corrected chi connectivity index (χ3v) is 3.57. The number of halogens is 1. The van der Waals surface area contributed by atoms with Crippen LogP contribution in [0.5, 0.6) is 0 Å². The van der Waals surface area contributed by atoms with Gasteiger partial charge in [0, 0.05) is 13.0 Å². The summed E-state index contributed by atoms with van der Waals surface area (Å²) in [7, 11) is 0. The fourth-order valence-corrected chi connectivity index (χ4v) is 2.46. The fourth-order valence-electron chi connectivity index (χ4n) is 2.46. The Bertz CT molecular complexity index is 569. The Balaban J connectivity index is 1.74. The molecule has 1 saturated heterocycles. The van der Waals surface area contributed by atoms with Crippen LogP contribution < -0.4 is 5.32 Å². The van der Waals surface area contributed by atoms with Gasteiger partial charge in [-0.3, -0.25) is 0 Å². The average Bonchev–Trinajstić information content (AvgIpc) is 2.98. The largest absolute Gasteiger partial charge is 0.339 e. The molecule has 1 aliphatic heterocycles. The van der Waals surface area contributed by atoms with Crippen LogP contribution in [0.4, 0.5) is 4.39 Å². The maximum atomic E-state index is 13.1. The van der Waals surface area contributed by atoms with Crippen LogP contribution in [-0.4, -0.2) is 23.2 Å². The van der Waals surface area contributed by atoms with Gasteiger partial charge in [-0.05, 0) is 30.2 Å². The molecule has 0 spiro atoms. The van der Waals surface area contributed by atoms with Gasteiger partial charge in [-0.2, -0.15) is 4.98 Å². The Kier molecular flexibility index (Phi) is 3.29. The Morgan fingerprint density at radius 3 is 3.05 bits per heavy atom. The van der Waals surface area contributed by atoms with Crippen LogP contribution in [0.25, 0.3) is 0 Å². The zero-order chi connectivity index (χ0) is 13.2. The Morgan fingerprint density at radius 2 is 2.32 bits per heavy atom. The van der Waals surface area contributed by atoms with Crippen molar-refractivity contribution < 1.29 is 8.91 Å². The molecular weight excluding hydrogens is 245 g/mol. The second-order valence-corrected chi connectivity index (χ2v) is 5.10. The first-order chi connectivity index (χ1) is 9.22. The molecule has 2 aromatic rings. The summed E-state index contributed by atoms with van der Waals surface area (Å²) in [6, 6.07) is 6.47. The van der Waals surface area contributed by atoms with E-state index in [2.05, 4.69) is 22.4 Å². The standard InChI is InChI=1S/C14H16FN3O/c1-9-7-16-8-12(9)14-17-13(18-19-14)6-10-3-2-4-11(15)5-10/h2-5,9,12,16H,6-8H2,1H3. The third-order valence-electron chi connectivity index (χ3n) is 3.57. The quantitative estimate of drug-likeness (QED) is 0.919. The van der Waals surface area contributed by atoms with Crippen molar-refractivity contribution in [3.63, 3.8) is 0 Å². The van der Waals surface area contributed by atoms with Crippen LogP contribution in [0.1, 0.15) is 30.1 Å². The molecule has 0 aliphatic carbocycles. The lowest BCUT2D eigenvalue weighted by atomic mass is 9.98. The van der Waals surface area contributed by atoms with E-state index >= 15 is 0 Å². The monoisotopic (exact) mass is 261 g/mol. The van der Waals surface area contributed by atoms with Crippen LogP contribution in [0.15, 0.2) is 28.8 Å². The van der Waals surface area contributed by atoms with Gasteiger partial charge >= 0.3 is 0 Å². The maximum absolute atomic E-state index is 13.1. The van der Waals surface area contributed by atoms with Crippen molar-refractivity contribution in [2.24, 2.45) is 5.92 Å². The molecule has 4 nitrogen and oxygen atoms in total. The summed E-state index contributed by atoms with van der Waals surface area (Å²) in [5.41, 5.74) is 0.852. The van der Waals surface area contributed by atoms with Gasteiger partial charge in [0.05, 0.1) is 5.92 Å². The van der Waals surface area contributed by atoms with Gasteiger partial charge in [-0.25, -0.2) is 4.39 Å². The normalized spacial score (nSPS) is 22.8. The van der Waals surface area contributed by atoms with E-state index < -0.39 is 0 Å². The Hall–Kier alpha value is -1.75. The van der Waals surface area contributed by atoms with Gasteiger partial charge in [0.1, 0.15) is 5.82 Å². The smallest absolute Gasteiger partial charge is 0.231 e. The molecule has 5 heteroatoms. The zero-order valence-electron chi connectivity index (χ0n) is 10.8. The van der Waals surface area contributed by atoms with Crippen LogP contribution >= 0.6 is 0 Å². The highest BCUT2D eigenvalue weighted by atomic mass is 19.1. The first-order valence-electron chi connectivity index (χ1n) is 6.50. The number of hydrogen-bond donors (Lipinski definition) is 1. The molecule has 0 radical (unpaired) electrons. The predicted octanol–water partition coefficient (Wildman–Crippen LogP) is 2.12. The first-order valence-corrected chi connectivity index (χ1v) is 6.50. The summed E-state index contributed by atoms with van der Waals surface area (Å²) in [6.45, 7) is 4.02. The molecule has 0 saturated carbocycles. The SMILES string of the molecule is CC1CNCC1c1nc(Cc2cccc(F)c2)no1. The van der Waals surface area contributed by atoms with Crippen molar-refractivity contribution in [1.29, 1.82) is 0 Å². The third kappa shape index (κ3) is 2.66. The average molecular weight is 261 g/mol. The van der Waals surface area contributed by atoms with Crippen molar-refractivity contribution in [1.82, 2.24) is 15.5 Å². The van der Waals surface area contributed by atoms with Gasteiger partial charge in [-0.1, -0.05) is 24.2 Å². The molecule has 1 aliphatic rings. The van der Waals surface area contributed by atoms with Gasteiger partial charge in [0.2, 0.25) is 5.89 Å². The van der Waals surface area contributed by atoms with E-state index in [1.807, 2.05) is 6.07 Å². The number of benzene rings is 1. The second-order valence-electron chi connectivity index (χ2n) is 5.10. The zero-order valence-corrected chi connectivity index (χ0v) is 10.8. The van der Waals surface area contributed by atoms with Crippen LogP contribution in [0, 0.1) is 11.7 Å². The number of hydrogen-bond acceptors (Lipinski definition) is 4. The fraction of sp³-hybridized carbons (Fsp3) is 0.429. The van der Waals surface area contributed by atoms with Crippen molar-refractivity contribution in [2.45, 2.75) is 19.3 Å². The number of rotatable bonds is 3.